The quantitative estimate of drug-likeness (QED) is 0.105. The number of aryl methyl sites for hydroxylation is 2. The Kier molecular flexibility index (Phi) is 14.9. The first-order valence-corrected chi connectivity index (χ1v) is 15.2. The Morgan fingerprint density at radius 2 is 1.05 bits per heavy atom. The Hall–Kier alpha value is -1.99. The van der Waals surface area contributed by atoms with Crippen molar-refractivity contribution in [2.24, 2.45) is 0 Å². The van der Waals surface area contributed by atoms with Crippen LogP contribution in [0.15, 0.2) is 59.7 Å². The molecule has 1 heterocycles. The summed E-state index contributed by atoms with van der Waals surface area (Å²) in [5, 5.41) is 0. The number of hydrogen-bond donors (Lipinski definition) is 0. The molecule has 0 unspecified atom stereocenters. The first-order valence-electron chi connectivity index (χ1n) is 15.2. The molecule has 0 atom stereocenters. The van der Waals surface area contributed by atoms with E-state index in [-0.39, 0.29) is 16.5 Å². The summed E-state index contributed by atoms with van der Waals surface area (Å²) in [6, 6.07) is 17.7. The van der Waals surface area contributed by atoms with Gasteiger partial charge in [-0.3, -0.25) is 0 Å². The summed E-state index contributed by atoms with van der Waals surface area (Å²) < 4.78 is 1.47. The second kappa shape index (κ2) is 17.6. The maximum Gasteiger partial charge on any atom is 0.211 e. The summed E-state index contributed by atoms with van der Waals surface area (Å²) in [6.07, 6.45) is 18.9. The topological polar surface area (TPSA) is 25.3 Å². The van der Waals surface area contributed by atoms with E-state index < -0.39 is 0 Å². The Balaban J connectivity index is 0.00000507. The van der Waals surface area contributed by atoms with Gasteiger partial charge in [-0.25, -0.2) is 4.70 Å². The average Bonchev–Trinajstić information content (AvgIpc) is 3.17. The van der Waals surface area contributed by atoms with Crippen LogP contribution in [-0.4, -0.2) is 4.70 Å². The summed E-state index contributed by atoms with van der Waals surface area (Å²) in [7, 11) is 0. The van der Waals surface area contributed by atoms with Gasteiger partial charge >= 0.3 is 0 Å². The molecule has 1 aliphatic heterocycles. The SMILES string of the molecule is CCCCCCCCc1cccc(C2=C(C)C(CC)=C(c3cccc(CCCCCCCC)c3)[N+]2=[N-])c1.[Ni]. The molecule has 38 heavy (non-hydrogen) atoms. The molecule has 2 nitrogen and oxygen atoms in total. The molecule has 0 amide bonds. The zero-order valence-corrected chi connectivity index (χ0v) is 25.4. The van der Waals surface area contributed by atoms with Crippen LogP contribution in [0.1, 0.15) is 133 Å². The predicted octanol–water partition coefficient (Wildman–Crippen LogP) is 11.1. The molecule has 210 valence electrons. The molecule has 0 fully saturated rings. The van der Waals surface area contributed by atoms with Gasteiger partial charge < -0.3 is 5.53 Å². The minimum atomic E-state index is 0. The second-order valence-electron chi connectivity index (χ2n) is 10.9. The molecule has 0 radical (unpaired) electrons. The normalized spacial score (nSPS) is 13.4. The summed E-state index contributed by atoms with van der Waals surface area (Å²) in [5.41, 5.74) is 20.8. The molecule has 3 rings (SSSR count). The summed E-state index contributed by atoms with van der Waals surface area (Å²) in [6.45, 7) is 8.91. The predicted molar refractivity (Wildman–Crippen MR) is 160 cm³/mol. The molecule has 1 aliphatic rings. The van der Waals surface area contributed by atoms with Crippen molar-refractivity contribution in [2.75, 3.05) is 0 Å². The number of allylic oxidation sites excluding steroid dienone is 2. The fourth-order valence-corrected chi connectivity index (χ4v) is 5.75. The second-order valence-corrected chi connectivity index (χ2v) is 10.9. The van der Waals surface area contributed by atoms with Crippen LogP contribution in [0.25, 0.3) is 16.9 Å². The van der Waals surface area contributed by atoms with Gasteiger partial charge in [0.1, 0.15) is 0 Å². The first-order chi connectivity index (χ1) is 18.1. The fourth-order valence-electron chi connectivity index (χ4n) is 5.75. The van der Waals surface area contributed by atoms with Crippen molar-refractivity contribution in [1.29, 1.82) is 0 Å². The van der Waals surface area contributed by atoms with E-state index in [0.717, 1.165) is 41.8 Å². The van der Waals surface area contributed by atoms with Crippen LogP contribution in [0.2, 0.25) is 0 Å². The van der Waals surface area contributed by atoms with E-state index >= 15 is 0 Å². The number of hydrogen-bond acceptors (Lipinski definition) is 0. The van der Waals surface area contributed by atoms with Gasteiger partial charge in [-0.1, -0.05) is 109 Å². The van der Waals surface area contributed by atoms with Crippen molar-refractivity contribution in [1.82, 2.24) is 0 Å². The maximum atomic E-state index is 11.5. The molecule has 0 saturated carbocycles. The molecule has 2 aromatic rings. The zero-order chi connectivity index (χ0) is 26.5. The minimum Gasteiger partial charge on any atom is -0.493 e. The largest absolute Gasteiger partial charge is 0.493 e. The smallest absolute Gasteiger partial charge is 0.211 e. The Morgan fingerprint density at radius 1 is 0.605 bits per heavy atom. The molecule has 2 aromatic carbocycles. The molecule has 0 bridgehead atoms. The molecular weight excluding hydrogens is 507 g/mol. The summed E-state index contributed by atoms with van der Waals surface area (Å²) in [5.74, 6) is 0. The third-order valence-electron chi connectivity index (χ3n) is 7.91. The van der Waals surface area contributed by atoms with Gasteiger partial charge in [-0.15, -0.1) is 0 Å². The van der Waals surface area contributed by atoms with Crippen molar-refractivity contribution in [2.45, 2.75) is 124 Å². The van der Waals surface area contributed by atoms with Gasteiger partial charge in [0, 0.05) is 38.8 Å². The van der Waals surface area contributed by atoms with Crippen LogP contribution in [0, 0.1) is 0 Å². The van der Waals surface area contributed by atoms with Crippen LogP contribution >= 0.6 is 0 Å². The number of benzene rings is 2. The maximum absolute atomic E-state index is 11.5. The number of unbranched alkanes of at least 4 members (excludes halogenated alkanes) is 10. The van der Waals surface area contributed by atoms with E-state index in [9.17, 15) is 5.53 Å². The third kappa shape index (κ3) is 9.05. The van der Waals surface area contributed by atoms with Crippen molar-refractivity contribution in [3.63, 3.8) is 0 Å². The fraction of sp³-hybridized carbons (Fsp3) is 0.543. The Morgan fingerprint density at radius 3 is 1.53 bits per heavy atom. The molecular formula is C35H50N2Ni. The van der Waals surface area contributed by atoms with Crippen molar-refractivity contribution in [3.05, 3.63) is 87.5 Å². The molecule has 0 saturated heterocycles. The molecule has 3 heteroatoms. The summed E-state index contributed by atoms with van der Waals surface area (Å²) in [4.78, 5) is 0. The van der Waals surface area contributed by atoms with E-state index in [1.807, 2.05) is 0 Å². The van der Waals surface area contributed by atoms with E-state index in [1.54, 1.807) is 0 Å². The number of rotatable bonds is 17. The van der Waals surface area contributed by atoms with Gasteiger partial charge in [-0.05, 0) is 74.4 Å². The van der Waals surface area contributed by atoms with Gasteiger partial charge in [0.15, 0.2) is 0 Å². The van der Waals surface area contributed by atoms with Crippen LogP contribution in [0.4, 0.5) is 0 Å². The number of nitrogens with zero attached hydrogens (tertiary/aromatic N) is 2. The minimum absolute atomic E-state index is 0. The summed E-state index contributed by atoms with van der Waals surface area (Å²) >= 11 is 0. The van der Waals surface area contributed by atoms with Crippen LogP contribution in [0.5, 0.6) is 0 Å². The van der Waals surface area contributed by atoms with Gasteiger partial charge in [0.25, 0.3) is 0 Å². The Labute approximate surface area is 243 Å². The van der Waals surface area contributed by atoms with Crippen molar-refractivity contribution in [3.8, 4) is 0 Å². The van der Waals surface area contributed by atoms with E-state index in [4.69, 9.17) is 0 Å². The molecule has 0 N–H and O–H groups in total. The van der Waals surface area contributed by atoms with E-state index in [0.29, 0.717) is 0 Å². The zero-order valence-electron chi connectivity index (χ0n) is 24.4. The van der Waals surface area contributed by atoms with Crippen molar-refractivity contribution >= 4 is 11.4 Å². The Bertz CT molecular complexity index is 1080. The first kappa shape index (κ1) is 32.2. The average molecular weight is 557 g/mol. The van der Waals surface area contributed by atoms with E-state index in [1.165, 1.54) is 104 Å². The molecule has 0 spiro atoms. The van der Waals surface area contributed by atoms with Crippen LogP contribution in [-0.2, 0) is 29.3 Å². The molecule has 0 aromatic heterocycles. The molecule has 0 aliphatic carbocycles. The standard InChI is InChI=1S/C35H50N2.Ni/c1-5-8-10-12-14-16-20-29-22-18-24-31(26-29)34-28(4)33(7-3)35(37(34)36)32-25-19-23-30(27-32)21-17-15-13-11-9-6-2;/h18-19,22-27H,5-17,20-21H2,1-4H3;. The van der Waals surface area contributed by atoms with Crippen LogP contribution < -0.4 is 0 Å². The van der Waals surface area contributed by atoms with Gasteiger partial charge in [0.05, 0.1) is 0 Å². The van der Waals surface area contributed by atoms with Crippen LogP contribution in [0.3, 0.4) is 0 Å². The monoisotopic (exact) mass is 556 g/mol. The van der Waals surface area contributed by atoms with E-state index in [2.05, 4.69) is 76.2 Å². The van der Waals surface area contributed by atoms with Gasteiger partial charge in [-0.2, -0.15) is 0 Å². The third-order valence-corrected chi connectivity index (χ3v) is 7.91. The van der Waals surface area contributed by atoms with Gasteiger partial charge in [0.2, 0.25) is 11.4 Å². The van der Waals surface area contributed by atoms with Crippen molar-refractivity contribution < 1.29 is 21.2 Å².